The zero-order chi connectivity index (χ0) is 22.4. The Bertz CT molecular complexity index is 1180. The van der Waals surface area contributed by atoms with Crippen molar-refractivity contribution in [1.82, 2.24) is 15.3 Å². The third kappa shape index (κ3) is 3.82. The van der Waals surface area contributed by atoms with Crippen LogP contribution in [0.2, 0.25) is 0 Å². The van der Waals surface area contributed by atoms with Gasteiger partial charge in [0.1, 0.15) is 15.5 Å². The Labute approximate surface area is 192 Å². The standard InChI is InChI=1S/C24H29N5O2S/c1-13-11-29(12-19(13)31-3)20-9-5-15-10-16(6-8-18(15)28-20)27-23(30)22-21(25)17-7-4-14(2)26-24(17)32-22/h4-5,7,9,13,16,19H,6,8,10-12,25H2,1-3H3,(H,27,30)/t13-,16+,19-/m0/s1. The van der Waals surface area contributed by atoms with Crippen LogP contribution in [0.4, 0.5) is 11.5 Å². The van der Waals surface area contributed by atoms with Crippen molar-refractivity contribution in [2.24, 2.45) is 5.92 Å². The smallest absolute Gasteiger partial charge is 0.263 e. The second-order valence-electron chi connectivity index (χ2n) is 9.00. The van der Waals surface area contributed by atoms with E-state index in [9.17, 15) is 4.79 Å². The quantitative estimate of drug-likeness (QED) is 0.632. The number of hydrogen-bond acceptors (Lipinski definition) is 7. The summed E-state index contributed by atoms with van der Waals surface area (Å²) in [7, 11) is 1.78. The second kappa shape index (κ2) is 8.33. The molecule has 1 aliphatic heterocycles. The van der Waals surface area contributed by atoms with Crippen LogP contribution in [0.5, 0.6) is 0 Å². The van der Waals surface area contributed by atoms with E-state index in [4.69, 9.17) is 15.5 Å². The maximum absolute atomic E-state index is 13.0. The molecule has 3 N–H and O–H groups in total. The first-order valence-electron chi connectivity index (χ1n) is 11.2. The summed E-state index contributed by atoms with van der Waals surface area (Å²) in [6.45, 7) is 6.01. The summed E-state index contributed by atoms with van der Waals surface area (Å²) in [5, 5.41) is 4.04. The Hall–Kier alpha value is -2.71. The number of ether oxygens (including phenoxy) is 1. The van der Waals surface area contributed by atoms with Crippen LogP contribution in [-0.4, -0.2) is 48.2 Å². The number of rotatable bonds is 4. The van der Waals surface area contributed by atoms with Gasteiger partial charge in [-0.1, -0.05) is 13.0 Å². The molecule has 8 heteroatoms. The molecule has 3 aromatic rings. The monoisotopic (exact) mass is 451 g/mol. The van der Waals surface area contributed by atoms with E-state index < -0.39 is 0 Å². The molecule has 3 aromatic heterocycles. The summed E-state index contributed by atoms with van der Waals surface area (Å²) in [6, 6.07) is 8.21. The number of anilines is 2. The number of nitrogens with zero attached hydrogens (tertiary/aromatic N) is 3. The maximum Gasteiger partial charge on any atom is 0.263 e. The van der Waals surface area contributed by atoms with Crippen LogP contribution in [-0.2, 0) is 17.6 Å². The molecule has 0 unspecified atom stereocenters. The molecule has 3 atom stereocenters. The van der Waals surface area contributed by atoms with E-state index in [0.717, 1.165) is 59.8 Å². The fourth-order valence-electron chi connectivity index (χ4n) is 4.84. The van der Waals surface area contributed by atoms with Gasteiger partial charge in [-0.15, -0.1) is 11.3 Å². The van der Waals surface area contributed by atoms with Crippen molar-refractivity contribution in [3.8, 4) is 0 Å². The van der Waals surface area contributed by atoms with Gasteiger partial charge in [0.15, 0.2) is 0 Å². The predicted octanol–water partition coefficient (Wildman–Crippen LogP) is 3.34. The van der Waals surface area contributed by atoms with Gasteiger partial charge in [0, 0.05) is 48.9 Å². The van der Waals surface area contributed by atoms with E-state index in [1.165, 1.54) is 16.9 Å². The van der Waals surface area contributed by atoms with Gasteiger partial charge in [0.2, 0.25) is 0 Å². The molecule has 1 fully saturated rings. The second-order valence-corrected chi connectivity index (χ2v) is 9.99. The number of carbonyl (C=O) groups is 1. The Morgan fingerprint density at radius 3 is 2.88 bits per heavy atom. The fourth-order valence-corrected chi connectivity index (χ4v) is 5.88. The number of nitrogens with one attached hydrogen (secondary N) is 1. The average molecular weight is 452 g/mol. The first-order valence-corrected chi connectivity index (χ1v) is 12.0. The largest absolute Gasteiger partial charge is 0.397 e. The third-order valence-electron chi connectivity index (χ3n) is 6.69. The number of methoxy groups -OCH3 is 1. The highest BCUT2D eigenvalue weighted by Gasteiger charge is 2.31. The number of carbonyl (C=O) groups excluding carboxylic acids is 1. The predicted molar refractivity (Wildman–Crippen MR) is 128 cm³/mol. The number of nitrogens with two attached hydrogens (primary N) is 1. The number of hydrogen-bond donors (Lipinski definition) is 2. The molecule has 0 spiro atoms. The molecule has 0 aromatic carbocycles. The summed E-state index contributed by atoms with van der Waals surface area (Å²) in [5.41, 5.74) is 10.1. The highest BCUT2D eigenvalue weighted by Crippen LogP contribution is 2.33. The summed E-state index contributed by atoms with van der Waals surface area (Å²) in [4.78, 5) is 26.1. The summed E-state index contributed by atoms with van der Waals surface area (Å²) >= 11 is 1.36. The molecule has 0 bridgehead atoms. The number of aryl methyl sites for hydroxylation is 2. The number of nitrogen functional groups attached to an aromatic ring is 1. The number of amides is 1. The molecule has 4 heterocycles. The SMILES string of the molecule is CO[C@H]1CN(c2ccc3c(n2)CC[C@@H](NC(=O)c2sc4nc(C)ccc4c2N)C3)C[C@@H]1C. The molecule has 0 saturated carbocycles. The van der Waals surface area contributed by atoms with Crippen LogP contribution < -0.4 is 16.0 Å². The molecule has 168 valence electrons. The molecule has 2 aliphatic rings. The average Bonchev–Trinajstić information content (AvgIpc) is 3.32. The van der Waals surface area contributed by atoms with Crippen LogP contribution in [0.15, 0.2) is 24.3 Å². The minimum Gasteiger partial charge on any atom is -0.397 e. The van der Waals surface area contributed by atoms with E-state index in [1.54, 1.807) is 7.11 Å². The molecular weight excluding hydrogens is 422 g/mol. The zero-order valence-corrected chi connectivity index (χ0v) is 19.5. The minimum atomic E-state index is -0.113. The van der Waals surface area contributed by atoms with E-state index in [1.807, 2.05) is 19.1 Å². The lowest BCUT2D eigenvalue weighted by Crippen LogP contribution is -2.39. The van der Waals surface area contributed by atoms with Gasteiger partial charge in [0.05, 0.1) is 11.8 Å². The number of thiophene rings is 1. The first-order chi connectivity index (χ1) is 15.4. The Kier molecular flexibility index (Phi) is 5.51. The van der Waals surface area contributed by atoms with Crippen LogP contribution in [0.3, 0.4) is 0 Å². The lowest BCUT2D eigenvalue weighted by Gasteiger charge is -2.26. The highest BCUT2D eigenvalue weighted by atomic mass is 32.1. The first kappa shape index (κ1) is 21.2. The number of fused-ring (bicyclic) bond motifs is 2. The normalized spacial score (nSPS) is 22.8. The number of aromatic nitrogens is 2. The molecule has 32 heavy (non-hydrogen) atoms. The summed E-state index contributed by atoms with van der Waals surface area (Å²) < 4.78 is 5.59. The van der Waals surface area contributed by atoms with Gasteiger partial charge in [0.25, 0.3) is 5.91 Å². The summed E-state index contributed by atoms with van der Waals surface area (Å²) in [6.07, 6.45) is 2.77. The van der Waals surface area contributed by atoms with Gasteiger partial charge >= 0.3 is 0 Å². The van der Waals surface area contributed by atoms with Gasteiger partial charge in [-0.3, -0.25) is 4.79 Å². The molecule has 0 radical (unpaired) electrons. The van der Waals surface area contributed by atoms with Crippen molar-refractivity contribution in [3.05, 3.63) is 46.1 Å². The van der Waals surface area contributed by atoms with Gasteiger partial charge in [-0.2, -0.15) is 0 Å². The Morgan fingerprint density at radius 1 is 1.25 bits per heavy atom. The van der Waals surface area contributed by atoms with Crippen molar-refractivity contribution in [2.75, 3.05) is 30.8 Å². The van der Waals surface area contributed by atoms with Crippen LogP contribution in [0, 0.1) is 12.8 Å². The Balaban J connectivity index is 1.28. The van der Waals surface area contributed by atoms with E-state index in [0.29, 0.717) is 16.5 Å². The minimum absolute atomic E-state index is 0.0756. The van der Waals surface area contributed by atoms with Crippen molar-refractivity contribution in [1.29, 1.82) is 0 Å². The highest BCUT2D eigenvalue weighted by molar-refractivity contribution is 7.21. The van der Waals surface area contributed by atoms with E-state index >= 15 is 0 Å². The van der Waals surface area contributed by atoms with Crippen molar-refractivity contribution >= 4 is 39.0 Å². The van der Waals surface area contributed by atoms with Crippen LogP contribution >= 0.6 is 11.3 Å². The van der Waals surface area contributed by atoms with Gasteiger partial charge in [-0.25, -0.2) is 9.97 Å². The molecule has 7 nitrogen and oxygen atoms in total. The van der Waals surface area contributed by atoms with Crippen LogP contribution in [0.1, 0.15) is 40.0 Å². The van der Waals surface area contributed by atoms with E-state index in [2.05, 4.69) is 34.3 Å². The molecular formula is C24H29N5O2S. The maximum atomic E-state index is 13.0. The summed E-state index contributed by atoms with van der Waals surface area (Å²) in [5.74, 6) is 1.41. The van der Waals surface area contributed by atoms with Crippen molar-refractivity contribution in [2.45, 2.75) is 45.3 Å². The molecule has 1 aliphatic carbocycles. The van der Waals surface area contributed by atoms with Crippen molar-refractivity contribution in [3.63, 3.8) is 0 Å². The number of pyridine rings is 2. The third-order valence-corrected chi connectivity index (χ3v) is 7.81. The molecule has 1 amide bonds. The Morgan fingerprint density at radius 2 is 2.09 bits per heavy atom. The lowest BCUT2D eigenvalue weighted by molar-refractivity contribution is 0.0899. The van der Waals surface area contributed by atoms with E-state index in [-0.39, 0.29) is 18.1 Å². The van der Waals surface area contributed by atoms with Gasteiger partial charge in [-0.05, 0) is 49.9 Å². The van der Waals surface area contributed by atoms with Gasteiger partial charge < -0.3 is 20.7 Å². The fraction of sp³-hybridized carbons (Fsp3) is 0.458. The molecule has 5 rings (SSSR count). The lowest BCUT2D eigenvalue weighted by atomic mass is 9.91. The zero-order valence-electron chi connectivity index (χ0n) is 18.7. The van der Waals surface area contributed by atoms with Crippen LogP contribution in [0.25, 0.3) is 10.2 Å². The topological polar surface area (TPSA) is 93.4 Å². The molecule has 1 saturated heterocycles. The van der Waals surface area contributed by atoms with Crippen molar-refractivity contribution < 1.29 is 9.53 Å².